The number of hydrogen-bond acceptors (Lipinski definition) is 0. The number of fused-ring (bicyclic) bond motifs is 1. The van der Waals surface area contributed by atoms with Gasteiger partial charge in [-0.05, 0) is 62.1 Å². The van der Waals surface area contributed by atoms with Crippen molar-refractivity contribution in [3.05, 3.63) is 83.4 Å². The van der Waals surface area contributed by atoms with Crippen LogP contribution >= 0.6 is 0 Å². The summed E-state index contributed by atoms with van der Waals surface area (Å²) >= 11 is 0. The van der Waals surface area contributed by atoms with Gasteiger partial charge in [-0.15, -0.1) is 0 Å². The summed E-state index contributed by atoms with van der Waals surface area (Å²) in [7, 11) is 0. The highest BCUT2D eigenvalue weighted by Gasteiger charge is 2.56. The smallest absolute Gasteiger partial charge is 0.00410 e. The van der Waals surface area contributed by atoms with Crippen molar-refractivity contribution < 1.29 is 0 Å². The molecule has 0 spiro atoms. The third-order valence-electron chi connectivity index (χ3n) is 8.14. The molecule has 0 aliphatic heterocycles. The van der Waals surface area contributed by atoms with Gasteiger partial charge in [0.15, 0.2) is 0 Å². The first-order valence-corrected chi connectivity index (χ1v) is 10.4. The Kier molecular flexibility index (Phi) is 4.12. The maximum Gasteiger partial charge on any atom is -0.00410 e. The van der Waals surface area contributed by atoms with Crippen LogP contribution in [-0.4, -0.2) is 0 Å². The van der Waals surface area contributed by atoms with Crippen LogP contribution in [-0.2, 0) is 10.8 Å². The molecule has 0 saturated carbocycles. The highest BCUT2D eigenvalue weighted by atomic mass is 14.6. The molecule has 0 aromatic heterocycles. The van der Waals surface area contributed by atoms with Gasteiger partial charge in [-0.2, -0.15) is 0 Å². The largest absolute Gasteiger partial charge is 0.0622 e. The van der Waals surface area contributed by atoms with Crippen molar-refractivity contribution in [3.63, 3.8) is 0 Å². The maximum absolute atomic E-state index is 2.45. The molecule has 0 N–H and O–H groups in total. The summed E-state index contributed by atoms with van der Waals surface area (Å²) in [4.78, 5) is 0. The van der Waals surface area contributed by atoms with E-state index < -0.39 is 0 Å². The lowest BCUT2D eigenvalue weighted by atomic mass is 9.59. The van der Waals surface area contributed by atoms with E-state index in [1.807, 2.05) is 0 Å². The van der Waals surface area contributed by atoms with Crippen LogP contribution in [0.15, 0.2) is 66.7 Å². The van der Waals surface area contributed by atoms with Crippen LogP contribution in [0.2, 0.25) is 0 Å². The summed E-state index contributed by atoms with van der Waals surface area (Å²) in [6, 6.07) is 24.7. The van der Waals surface area contributed by atoms with Gasteiger partial charge in [0.25, 0.3) is 0 Å². The van der Waals surface area contributed by atoms with E-state index in [0.29, 0.717) is 0 Å². The standard InChI is InChI=1S/C28H32/c1-19-17-21(13-15-23(19)20-11-9-8-10-12-20)22-14-16-24-25(18-22)27(4,5)28(6,7)26(24,2)3/h8-18H,1-7H3. The van der Waals surface area contributed by atoms with Gasteiger partial charge in [-0.3, -0.25) is 0 Å². The Hall–Kier alpha value is -2.34. The molecule has 0 atom stereocenters. The number of benzene rings is 3. The van der Waals surface area contributed by atoms with Crippen molar-refractivity contribution in [3.8, 4) is 22.3 Å². The topological polar surface area (TPSA) is 0 Å². The van der Waals surface area contributed by atoms with Gasteiger partial charge < -0.3 is 0 Å². The zero-order chi connectivity index (χ0) is 20.3. The average molecular weight is 369 g/mol. The lowest BCUT2D eigenvalue weighted by Crippen LogP contribution is -2.42. The van der Waals surface area contributed by atoms with Crippen molar-refractivity contribution in [2.45, 2.75) is 59.3 Å². The molecule has 3 aromatic rings. The summed E-state index contributed by atoms with van der Waals surface area (Å²) in [5.74, 6) is 0. The average Bonchev–Trinajstić information content (AvgIpc) is 2.77. The van der Waals surface area contributed by atoms with E-state index in [4.69, 9.17) is 0 Å². The van der Waals surface area contributed by atoms with Crippen LogP contribution in [0.3, 0.4) is 0 Å². The Bertz CT molecular complexity index is 1030. The molecule has 1 aliphatic carbocycles. The van der Waals surface area contributed by atoms with Crippen LogP contribution in [0.1, 0.15) is 58.2 Å². The zero-order valence-electron chi connectivity index (χ0n) is 18.4. The second-order valence-electron chi connectivity index (χ2n) is 10.0. The molecule has 0 heterocycles. The third-order valence-corrected chi connectivity index (χ3v) is 8.14. The highest BCUT2D eigenvalue weighted by Crippen LogP contribution is 2.61. The molecule has 144 valence electrons. The summed E-state index contributed by atoms with van der Waals surface area (Å²) in [5, 5.41) is 0. The number of aryl methyl sites for hydroxylation is 1. The zero-order valence-corrected chi connectivity index (χ0v) is 18.4. The fourth-order valence-electron chi connectivity index (χ4n) is 5.03. The van der Waals surface area contributed by atoms with Crippen LogP contribution in [0.25, 0.3) is 22.3 Å². The van der Waals surface area contributed by atoms with E-state index in [2.05, 4.69) is 115 Å². The minimum Gasteiger partial charge on any atom is -0.0622 e. The maximum atomic E-state index is 2.45. The third kappa shape index (κ3) is 2.50. The minimum atomic E-state index is 0.140. The van der Waals surface area contributed by atoms with E-state index in [-0.39, 0.29) is 16.2 Å². The van der Waals surface area contributed by atoms with Crippen molar-refractivity contribution in [2.75, 3.05) is 0 Å². The molecule has 0 bridgehead atoms. The SMILES string of the molecule is Cc1cc(-c2ccc3c(c2)C(C)(C)C(C)(C)C3(C)C)ccc1-c1ccccc1. The van der Waals surface area contributed by atoms with Gasteiger partial charge >= 0.3 is 0 Å². The molecule has 28 heavy (non-hydrogen) atoms. The molecule has 1 aliphatic rings. The van der Waals surface area contributed by atoms with Gasteiger partial charge in [0, 0.05) is 0 Å². The van der Waals surface area contributed by atoms with Crippen molar-refractivity contribution in [2.24, 2.45) is 5.41 Å². The summed E-state index contributed by atoms with van der Waals surface area (Å²) < 4.78 is 0. The molecule has 0 radical (unpaired) electrons. The molecule has 4 rings (SSSR count). The second-order valence-corrected chi connectivity index (χ2v) is 10.0. The highest BCUT2D eigenvalue weighted by molar-refractivity contribution is 5.74. The first-order valence-electron chi connectivity index (χ1n) is 10.4. The van der Waals surface area contributed by atoms with E-state index in [0.717, 1.165) is 0 Å². The van der Waals surface area contributed by atoms with Crippen LogP contribution < -0.4 is 0 Å². The molecule has 0 nitrogen and oxygen atoms in total. The molecule has 3 aromatic carbocycles. The van der Waals surface area contributed by atoms with Gasteiger partial charge in [-0.1, -0.05) is 108 Å². The van der Waals surface area contributed by atoms with Crippen molar-refractivity contribution in [1.82, 2.24) is 0 Å². The van der Waals surface area contributed by atoms with E-state index in [1.165, 1.54) is 38.9 Å². The Labute approximate surface area is 170 Å². The van der Waals surface area contributed by atoms with Gasteiger partial charge in [0.2, 0.25) is 0 Å². The van der Waals surface area contributed by atoms with E-state index >= 15 is 0 Å². The molecule has 0 unspecified atom stereocenters. The van der Waals surface area contributed by atoms with E-state index in [9.17, 15) is 0 Å². The Morgan fingerprint density at radius 1 is 0.536 bits per heavy atom. The first-order chi connectivity index (χ1) is 13.1. The fourth-order valence-corrected chi connectivity index (χ4v) is 5.03. The van der Waals surface area contributed by atoms with Gasteiger partial charge in [-0.25, -0.2) is 0 Å². The molecule has 0 fully saturated rings. The van der Waals surface area contributed by atoms with E-state index in [1.54, 1.807) is 0 Å². The van der Waals surface area contributed by atoms with Crippen molar-refractivity contribution in [1.29, 1.82) is 0 Å². The predicted molar refractivity (Wildman–Crippen MR) is 122 cm³/mol. The number of hydrogen-bond donors (Lipinski definition) is 0. The Morgan fingerprint density at radius 3 is 1.75 bits per heavy atom. The number of rotatable bonds is 2. The van der Waals surface area contributed by atoms with Gasteiger partial charge in [0.05, 0.1) is 0 Å². The summed E-state index contributed by atoms with van der Waals surface area (Å²) in [6.45, 7) is 16.7. The Balaban J connectivity index is 1.80. The summed E-state index contributed by atoms with van der Waals surface area (Å²) in [5.41, 5.74) is 10.1. The predicted octanol–water partition coefficient (Wildman–Crippen LogP) is 7.92. The molecular weight excluding hydrogens is 336 g/mol. The second kappa shape index (κ2) is 6.08. The lowest BCUT2D eigenvalue weighted by molar-refractivity contribution is 0.125. The van der Waals surface area contributed by atoms with Crippen molar-refractivity contribution >= 4 is 0 Å². The normalized spacial score (nSPS) is 18.7. The van der Waals surface area contributed by atoms with Gasteiger partial charge in [0.1, 0.15) is 0 Å². The minimum absolute atomic E-state index is 0.140. The first kappa shape index (κ1) is 19.0. The molecule has 0 heteroatoms. The van der Waals surface area contributed by atoms with Crippen LogP contribution in [0.4, 0.5) is 0 Å². The Morgan fingerprint density at radius 2 is 1.11 bits per heavy atom. The summed E-state index contributed by atoms with van der Waals surface area (Å²) in [6.07, 6.45) is 0. The van der Waals surface area contributed by atoms with Crippen LogP contribution in [0.5, 0.6) is 0 Å². The molecule has 0 amide bonds. The fraction of sp³-hybridized carbons (Fsp3) is 0.357. The quantitative estimate of drug-likeness (QED) is 0.431. The molecule has 0 saturated heterocycles. The molecular formula is C28H32. The lowest BCUT2D eigenvalue weighted by Gasteiger charge is -2.44. The van der Waals surface area contributed by atoms with Crippen LogP contribution in [0, 0.1) is 12.3 Å². The monoisotopic (exact) mass is 368 g/mol.